The molecule has 1 aliphatic carbocycles. The standard InChI is InChI=1S/C19H20N4O3/c24-18(15-12-16(25-22-15)13-6-2-1-3-7-13)20-11-10-17-21-19(26-23-17)14-8-4-5-9-14/h1-3,6-7,12,14H,4-5,8-11H2,(H,20,24). The van der Waals surface area contributed by atoms with Crippen molar-refractivity contribution in [3.05, 3.63) is 53.8 Å². The summed E-state index contributed by atoms with van der Waals surface area (Å²) >= 11 is 0. The lowest BCUT2D eigenvalue weighted by atomic mass is 10.1. The topological polar surface area (TPSA) is 94.1 Å². The van der Waals surface area contributed by atoms with Gasteiger partial charge in [-0.3, -0.25) is 4.79 Å². The summed E-state index contributed by atoms with van der Waals surface area (Å²) in [4.78, 5) is 16.6. The number of rotatable bonds is 6. The second kappa shape index (κ2) is 7.51. The van der Waals surface area contributed by atoms with Gasteiger partial charge in [0.15, 0.2) is 17.3 Å². The van der Waals surface area contributed by atoms with Crippen LogP contribution in [0.25, 0.3) is 11.3 Å². The maximum atomic E-state index is 12.2. The second-order valence-electron chi connectivity index (χ2n) is 6.48. The molecule has 134 valence electrons. The number of amides is 1. The van der Waals surface area contributed by atoms with Gasteiger partial charge in [0.1, 0.15) is 0 Å². The van der Waals surface area contributed by atoms with Gasteiger partial charge in [-0.05, 0) is 12.8 Å². The fraction of sp³-hybridized carbons (Fsp3) is 0.368. The summed E-state index contributed by atoms with van der Waals surface area (Å²) in [6.07, 6.45) is 5.20. The molecule has 2 heterocycles. The summed E-state index contributed by atoms with van der Waals surface area (Å²) < 4.78 is 10.6. The number of carbonyl (C=O) groups excluding carboxylic acids is 1. The van der Waals surface area contributed by atoms with Crippen LogP contribution in [-0.4, -0.2) is 27.7 Å². The number of aromatic nitrogens is 3. The molecule has 1 saturated carbocycles. The number of nitrogens with zero attached hydrogens (tertiary/aromatic N) is 3. The molecule has 1 fully saturated rings. The van der Waals surface area contributed by atoms with E-state index in [2.05, 4.69) is 20.6 Å². The molecule has 1 N–H and O–H groups in total. The predicted octanol–water partition coefficient (Wildman–Crippen LogP) is 3.35. The maximum absolute atomic E-state index is 12.2. The molecule has 0 spiro atoms. The van der Waals surface area contributed by atoms with Crippen LogP contribution in [0.3, 0.4) is 0 Å². The minimum Gasteiger partial charge on any atom is -0.355 e. The third-order valence-electron chi connectivity index (χ3n) is 4.62. The minimum atomic E-state index is -0.282. The Hall–Kier alpha value is -2.96. The lowest BCUT2D eigenvalue weighted by Crippen LogP contribution is -2.26. The minimum absolute atomic E-state index is 0.253. The van der Waals surface area contributed by atoms with Crippen LogP contribution in [0.2, 0.25) is 0 Å². The first-order chi connectivity index (χ1) is 12.8. The molecule has 1 aromatic carbocycles. The average Bonchev–Trinajstić information content (AvgIpc) is 3.42. The highest BCUT2D eigenvalue weighted by Crippen LogP contribution is 2.32. The van der Waals surface area contributed by atoms with Crippen molar-refractivity contribution in [2.45, 2.75) is 38.0 Å². The SMILES string of the molecule is O=C(NCCc1noc(C2CCCC2)n1)c1cc(-c2ccccc2)on1. The highest BCUT2D eigenvalue weighted by molar-refractivity contribution is 5.93. The third-order valence-corrected chi connectivity index (χ3v) is 4.62. The molecule has 1 amide bonds. The van der Waals surface area contributed by atoms with Crippen LogP contribution in [0, 0.1) is 0 Å². The van der Waals surface area contributed by atoms with Crippen molar-refractivity contribution in [2.24, 2.45) is 0 Å². The van der Waals surface area contributed by atoms with E-state index in [1.54, 1.807) is 6.07 Å². The largest absolute Gasteiger partial charge is 0.355 e. The van der Waals surface area contributed by atoms with Crippen molar-refractivity contribution in [3.8, 4) is 11.3 Å². The first kappa shape index (κ1) is 16.5. The van der Waals surface area contributed by atoms with E-state index in [1.165, 1.54) is 12.8 Å². The Balaban J connectivity index is 1.30. The molecule has 0 radical (unpaired) electrons. The highest BCUT2D eigenvalue weighted by Gasteiger charge is 2.23. The highest BCUT2D eigenvalue weighted by atomic mass is 16.5. The second-order valence-corrected chi connectivity index (χ2v) is 6.48. The van der Waals surface area contributed by atoms with E-state index in [-0.39, 0.29) is 11.6 Å². The number of hydrogen-bond acceptors (Lipinski definition) is 6. The Morgan fingerprint density at radius 1 is 1.12 bits per heavy atom. The van der Waals surface area contributed by atoms with E-state index in [9.17, 15) is 4.79 Å². The van der Waals surface area contributed by atoms with E-state index < -0.39 is 0 Å². The molecule has 3 aromatic rings. The van der Waals surface area contributed by atoms with Crippen LogP contribution >= 0.6 is 0 Å². The van der Waals surface area contributed by atoms with Gasteiger partial charge in [-0.25, -0.2) is 0 Å². The van der Waals surface area contributed by atoms with E-state index in [0.29, 0.717) is 30.5 Å². The Kier molecular flexibility index (Phi) is 4.77. The van der Waals surface area contributed by atoms with Crippen molar-refractivity contribution >= 4 is 5.91 Å². The number of carbonyl (C=O) groups is 1. The van der Waals surface area contributed by atoms with Crippen LogP contribution in [0.15, 0.2) is 45.4 Å². The lowest BCUT2D eigenvalue weighted by molar-refractivity contribution is 0.0945. The molecule has 0 saturated heterocycles. The maximum Gasteiger partial charge on any atom is 0.273 e. The Morgan fingerprint density at radius 2 is 1.92 bits per heavy atom. The fourth-order valence-corrected chi connectivity index (χ4v) is 3.21. The summed E-state index contributed by atoms with van der Waals surface area (Å²) in [7, 11) is 0. The van der Waals surface area contributed by atoms with E-state index in [4.69, 9.17) is 9.05 Å². The van der Waals surface area contributed by atoms with Gasteiger partial charge in [0, 0.05) is 30.5 Å². The molecule has 1 aliphatic rings. The van der Waals surface area contributed by atoms with Crippen LogP contribution < -0.4 is 5.32 Å². The summed E-state index contributed by atoms with van der Waals surface area (Å²) in [6.45, 7) is 0.413. The van der Waals surface area contributed by atoms with Crippen molar-refractivity contribution in [1.29, 1.82) is 0 Å². The molecule has 2 aromatic heterocycles. The van der Waals surface area contributed by atoms with Crippen molar-refractivity contribution in [1.82, 2.24) is 20.6 Å². The van der Waals surface area contributed by atoms with Crippen LogP contribution in [0.4, 0.5) is 0 Å². The van der Waals surface area contributed by atoms with Gasteiger partial charge in [0.2, 0.25) is 5.89 Å². The van der Waals surface area contributed by atoms with Gasteiger partial charge >= 0.3 is 0 Å². The molecule has 0 unspecified atom stereocenters. The average molecular weight is 352 g/mol. The van der Waals surface area contributed by atoms with Crippen LogP contribution in [0.5, 0.6) is 0 Å². The summed E-state index contributed by atoms with van der Waals surface area (Å²) in [5.41, 5.74) is 1.13. The van der Waals surface area contributed by atoms with Gasteiger partial charge < -0.3 is 14.4 Å². The molecule has 0 aliphatic heterocycles. The predicted molar refractivity (Wildman–Crippen MR) is 93.5 cm³/mol. The van der Waals surface area contributed by atoms with Crippen LogP contribution in [0.1, 0.15) is 53.8 Å². The van der Waals surface area contributed by atoms with Gasteiger partial charge in [0.25, 0.3) is 5.91 Å². The first-order valence-electron chi connectivity index (χ1n) is 8.92. The Labute approximate surface area is 150 Å². The van der Waals surface area contributed by atoms with Crippen molar-refractivity contribution in [2.75, 3.05) is 6.54 Å². The Bertz CT molecular complexity index is 866. The number of hydrogen-bond donors (Lipinski definition) is 1. The monoisotopic (exact) mass is 352 g/mol. The molecule has 0 atom stereocenters. The smallest absolute Gasteiger partial charge is 0.273 e. The molecular formula is C19H20N4O3. The number of nitrogens with one attached hydrogen (secondary N) is 1. The molecule has 4 rings (SSSR count). The summed E-state index contributed by atoms with van der Waals surface area (Å²) in [5.74, 6) is 2.04. The first-order valence-corrected chi connectivity index (χ1v) is 8.92. The van der Waals surface area contributed by atoms with Crippen molar-refractivity contribution < 1.29 is 13.8 Å². The fourth-order valence-electron chi connectivity index (χ4n) is 3.21. The van der Waals surface area contributed by atoms with Crippen LogP contribution in [-0.2, 0) is 6.42 Å². The van der Waals surface area contributed by atoms with E-state index >= 15 is 0 Å². The molecule has 0 bridgehead atoms. The molecular weight excluding hydrogens is 332 g/mol. The zero-order valence-electron chi connectivity index (χ0n) is 14.4. The van der Waals surface area contributed by atoms with Gasteiger partial charge in [-0.1, -0.05) is 53.5 Å². The van der Waals surface area contributed by atoms with Gasteiger partial charge in [-0.2, -0.15) is 4.98 Å². The quantitative estimate of drug-likeness (QED) is 0.731. The third kappa shape index (κ3) is 3.66. The molecule has 7 nitrogen and oxygen atoms in total. The summed E-state index contributed by atoms with van der Waals surface area (Å²) in [6, 6.07) is 11.2. The Morgan fingerprint density at radius 3 is 2.73 bits per heavy atom. The van der Waals surface area contributed by atoms with Gasteiger partial charge in [0.05, 0.1) is 0 Å². The van der Waals surface area contributed by atoms with E-state index in [0.717, 1.165) is 24.3 Å². The molecule has 7 heteroatoms. The zero-order valence-corrected chi connectivity index (χ0v) is 14.4. The van der Waals surface area contributed by atoms with Crippen molar-refractivity contribution in [3.63, 3.8) is 0 Å². The normalized spacial score (nSPS) is 14.6. The van der Waals surface area contributed by atoms with E-state index in [1.807, 2.05) is 30.3 Å². The number of benzene rings is 1. The lowest BCUT2D eigenvalue weighted by Gasteiger charge is -2.00. The van der Waals surface area contributed by atoms with Gasteiger partial charge in [-0.15, -0.1) is 0 Å². The zero-order chi connectivity index (χ0) is 17.8. The summed E-state index contributed by atoms with van der Waals surface area (Å²) in [5, 5.41) is 10.6. The molecule has 26 heavy (non-hydrogen) atoms.